The molecule has 1 aromatic heterocycles. The van der Waals surface area contributed by atoms with E-state index >= 15 is 0 Å². The third kappa shape index (κ3) is 3.87. The Morgan fingerprint density at radius 3 is 2.50 bits per heavy atom. The topological polar surface area (TPSA) is 90.0 Å². The average molecular weight is 389 g/mol. The van der Waals surface area contributed by atoms with Crippen LogP contribution in [0.3, 0.4) is 0 Å². The first-order valence-corrected chi connectivity index (χ1v) is 8.36. The summed E-state index contributed by atoms with van der Waals surface area (Å²) in [5.74, 6) is -1.00. The van der Waals surface area contributed by atoms with Crippen molar-refractivity contribution >= 4 is 40.8 Å². The van der Waals surface area contributed by atoms with Gasteiger partial charge in [0.1, 0.15) is 0 Å². The maximum atomic E-state index is 12.3. The first kappa shape index (κ1) is 18.0. The van der Waals surface area contributed by atoms with Gasteiger partial charge in [0.25, 0.3) is 11.8 Å². The molecule has 0 saturated heterocycles. The number of primary amides is 1. The van der Waals surface area contributed by atoms with Crippen LogP contribution in [0.1, 0.15) is 26.4 Å². The van der Waals surface area contributed by atoms with E-state index < -0.39 is 5.91 Å². The number of hydrogen-bond donors (Lipinski definition) is 2. The predicted octanol–water partition coefficient (Wildman–Crippen LogP) is 3.59. The second-order valence-electron chi connectivity index (χ2n) is 5.49. The Balaban J connectivity index is 1.89. The Morgan fingerprint density at radius 2 is 1.85 bits per heavy atom. The minimum atomic E-state index is -0.712. The largest absolute Gasteiger partial charge is 0.364 e. The van der Waals surface area contributed by atoms with Crippen LogP contribution in [0.2, 0.25) is 10.0 Å². The molecule has 132 valence electrons. The van der Waals surface area contributed by atoms with Crippen molar-refractivity contribution in [2.24, 2.45) is 5.73 Å². The van der Waals surface area contributed by atoms with Crippen molar-refractivity contribution in [2.45, 2.75) is 6.54 Å². The first-order valence-electron chi connectivity index (χ1n) is 7.61. The molecule has 26 heavy (non-hydrogen) atoms. The van der Waals surface area contributed by atoms with Gasteiger partial charge in [-0.2, -0.15) is 0 Å². The number of carbonyl (C=O) groups excluding carboxylic acids is 2. The highest BCUT2D eigenvalue weighted by Crippen LogP contribution is 2.23. The maximum absolute atomic E-state index is 12.3. The summed E-state index contributed by atoms with van der Waals surface area (Å²) in [5, 5.41) is 3.58. The summed E-state index contributed by atoms with van der Waals surface area (Å²) in [7, 11) is 0. The van der Waals surface area contributed by atoms with Gasteiger partial charge in [0, 0.05) is 15.6 Å². The van der Waals surface area contributed by atoms with Crippen molar-refractivity contribution < 1.29 is 9.59 Å². The molecular weight excluding hydrogens is 375 g/mol. The fourth-order valence-electron chi connectivity index (χ4n) is 2.45. The van der Waals surface area contributed by atoms with Gasteiger partial charge in [-0.3, -0.25) is 9.59 Å². The van der Waals surface area contributed by atoms with E-state index in [9.17, 15) is 9.59 Å². The second kappa shape index (κ2) is 7.59. The van der Waals surface area contributed by atoms with Crippen LogP contribution in [-0.4, -0.2) is 21.4 Å². The van der Waals surface area contributed by atoms with Crippen LogP contribution in [0.15, 0.2) is 54.9 Å². The fraction of sp³-hybridized carbons (Fsp3) is 0.0556. The molecule has 0 radical (unpaired) electrons. The van der Waals surface area contributed by atoms with Crippen LogP contribution < -0.4 is 11.1 Å². The van der Waals surface area contributed by atoms with Gasteiger partial charge in [0.15, 0.2) is 11.5 Å². The number of aromatic nitrogens is 2. The Bertz CT molecular complexity index is 971. The van der Waals surface area contributed by atoms with Crippen molar-refractivity contribution in [3.8, 4) is 0 Å². The predicted molar refractivity (Wildman–Crippen MR) is 101 cm³/mol. The van der Waals surface area contributed by atoms with E-state index in [0.717, 1.165) is 5.56 Å². The van der Waals surface area contributed by atoms with Crippen LogP contribution in [0.4, 0.5) is 5.82 Å². The molecule has 0 saturated carbocycles. The zero-order chi connectivity index (χ0) is 18.7. The summed E-state index contributed by atoms with van der Waals surface area (Å²) in [4.78, 5) is 28.3. The minimum absolute atomic E-state index is 0.0836. The third-order valence-electron chi connectivity index (χ3n) is 3.69. The number of nitrogens with two attached hydrogens (primary N) is 1. The van der Waals surface area contributed by atoms with Crippen molar-refractivity contribution in [3.05, 3.63) is 81.7 Å². The second-order valence-corrected chi connectivity index (χ2v) is 6.33. The van der Waals surface area contributed by atoms with E-state index in [0.29, 0.717) is 15.6 Å². The van der Waals surface area contributed by atoms with E-state index in [1.807, 2.05) is 0 Å². The molecule has 0 spiro atoms. The van der Waals surface area contributed by atoms with E-state index in [2.05, 4.69) is 10.3 Å². The molecular formula is C18H14Cl2N4O2. The van der Waals surface area contributed by atoms with Crippen LogP contribution in [-0.2, 0) is 6.54 Å². The van der Waals surface area contributed by atoms with Crippen molar-refractivity contribution in [2.75, 3.05) is 5.32 Å². The smallest absolute Gasteiger partial charge is 0.269 e. The van der Waals surface area contributed by atoms with Crippen molar-refractivity contribution in [3.63, 3.8) is 0 Å². The van der Waals surface area contributed by atoms with E-state index in [-0.39, 0.29) is 24.0 Å². The molecule has 3 aromatic rings. The number of anilines is 1. The molecule has 0 aliphatic rings. The summed E-state index contributed by atoms with van der Waals surface area (Å²) in [6, 6.07) is 13.6. The minimum Gasteiger partial charge on any atom is -0.364 e. The monoisotopic (exact) mass is 388 g/mol. The van der Waals surface area contributed by atoms with Crippen molar-refractivity contribution in [1.82, 2.24) is 9.55 Å². The van der Waals surface area contributed by atoms with Gasteiger partial charge >= 0.3 is 0 Å². The summed E-state index contributed by atoms with van der Waals surface area (Å²) < 4.78 is 1.53. The standard InChI is InChI=1S/C18H14Cl2N4O2/c19-13-7-6-12(14(20)8-13)9-24-10-22-17(15(24)16(21)25)23-18(26)11-4-2-1-3-5-11/h1-8,10H,9H2,(H2,21,25)(H,23,26). The third-order valence-corrected chi connectivity index (χ3v) is 4.28. The van der Waals surface area contributed by atoms with Crippen LogP contribution >= 0.6 is 23.2 Å². The molecule has 6 nitrogen and oxygen atoms in total. The van der Waals surface area contributed by atoms with Gasteiger partial charge in [0.05, 0.1) is 12.9 Å². The quantitative estimate of drug-likeness (QED) is 0.699. The zero-order valence-electron chi connectivity index (χ0n) is 13.4. The summed E-state index contributed by atoms with van der Waals surface area (Å²) >= 11 is 12.1. The van der Waals surface area contributed by atoms with E-state index in [1.165, 1.54) is 10.9 Å². The molecule has 0 aliphatic heterocycles. The highest BCUT2D eigenvalue weighted by Gasteiger charge is 2.19. The molecule has 0 unspecified atom stereocenters. The van der Waals surface area contributed by atoms with Crippen LogP contribution in [0, 0.1) is 0 Å². The normalized spacial score (nSPS) is 10.5. The lowest BCUT2D eigenvalue weighted by molar-refractivity contribution is 0.0993. The number of hydrogen-bond acceptors (Lipinski definition) is 3. The summed E-state index contributed by atoms with van der Waals surface area (Å²) in [5.41, 5.74) is 6.74. The van der Waals surface area contributed by atoms with E-state index in [4.69, 9.17) is 28.9 Å². The molecule has 1 heterocycles. The van der Waals surface area contributed by atoms with Gasteiger partial charge in [0.2, 0.25) is 0 Å². The number of imidazole rings is 1. The van der Waals surface area contributed by atoms with Gasteiger partial charge < -0.3 is 15.6 Å². The molecule has 3 N–H and O–H groups in total. The number of nitrogens with one attached hydrogen (secondary N) is 1. The van der Waals surface area contributed by atoms with Crippen LogP contribution in [0.5, 0.6) is 0 Å². The Hall–Kier alpha value is -2.83. The molecule has 0 fully saturated rings. The number of nitrogens with zero attached hydrogens (tertiary/aromatic N) is 2. The summed E-state index contributed by atoms with van der Waals surface area (Å²) in [6.07, 6.45) is 1.42. The number of amides is 2. The lowest BCUT2D eigenvalue weighted by Gasteiger charge is -2.10. The molecule has 8 heteroatoms. The van der Waals surface area contributed by atoms with E-state index in [1.54, 1.807) is 48.5 Å². The zero-order valence-corrected chi connectivity index (χ0v) is 15.0. The highest BCUT2D eigenvalue weighted by molar-refractivity contribution is 6.35. The molecule has 0 bridgehead atoms. The number of halogens is 2. The molecule has 3 rings (SSSR count). The van der Waals surface area contributed by atoms with Crippen LogP contribution in [0.25, 0.3) is 0 Å². The molecule has 2 aromatic carbocycles. The SMILES string of the molecule is NC(=O)c1c(NC(=O)c2ccccc2)ncn1Cc1ccc(Cl)cc1Cl. The van der Waals surface area contributed by atoms with Gasteiger partial charge in [-0.25, -0.2) is 4.98 Å². The number of carbonyl (C=O) groups is 2. The van der Waals surface area contributed by atoms with Gasteiger partial charge in [-0.05, 0) is 29.8 Å². The summed E-state index contributed by atoms with van der Waals surface area (Å²) in [6.45, 7) is 0.252. The molecule has 2 amide bonds. The maximum Gasteiger partial charge on any atom is 0.269 e. The number of benzene rings is 2. The van der Waals surface area contributed by atoms with Gasteiger partial charge in [-0.15, -0.1) is 0 Å². The molecule has 0 atom stereocenters. The lowest BCUT2D eigenvalue weighted by atomic mass is 10.2. The average Bonchev–Trinajstić information content (AvgIpc) is 3.00. The first-order chi connectivity index (χ1) is 12.5. The Labute approximate surface area is 159 Å². The number of rotatable bonds is 5. The Kier molecular flexibility index (Phi) is 5.25. The van der Waals surface area contributed by atoms with Gasteiger partial charge in [-0.1, -0.05) is 47.5 Å². The fourth-order valence-corrected chi connectivity index (χ4v) is 2.92. The Morgan fingerprint density at radius 1 is 1.12 bits per heavy atom. The lowest BCUT2D eigenvalue weighted by Crippen LogP contribution is -2.21. The van der Waals surface area contributed by atoms with Crippen molar-refractivity contribution in [1.29, 1.82) is 0 Å². The molecule has 0 aliphatic carbocycles. The highest BCUT2D eigenvalue weighted by atomic mass is 35.5.